The molecule has 2 amide bonds. The number of benzene rings is 2. The second kappa shape index (κ2) is 11.7. The lowest BCUT2D eigenvalue weighted by atomic mass is 9.86. The van der Waals surface area contributed by atoms with Gasteiger partial charge >= 0.3 is 5.69 Å². The van der Waals surface area contributed by atoms with E-state index in [2.05, 4.69) is 29.7 Å². The molecule has 2 saturated heterocycles. The number of anilines is 2. The zero-order valence-corrected chi connectivity index (χ0v) is 24.7. The summed E-state index contributed by atoms with van der Waals surface area (Å²) < 4.78 is 20.7. The average Bonchev–Trinajstić information content (AvgIpc) is 3.70. The summed E-state index contributed by atoms with van der Waals surface area (Å²) in [7, 11) is 0. The number of nitrogens with two attached hydrogens (primary N) is 1. The SMILES string of the molecule is CC(C)C(=O)N(CC(N)=O)c1cc(F)ccc1Oc1cncnc1N1CCC2(CCN(Cc3ccc4[nH]c(=O)[nH]c4c3)C2)C1. The zero-order chi connectivity index (χ0) is 31.0. The van der Waals surface area contributed by atoms with Crippen LogP contribution >= 0.6 is 0 Å². The highest BCUT2D eigenvalue weighted by atomic mass is 19.1. The number of primary amides is 1. The Kier molecular flexibility index (Phi) is 7.80. The number of aromatic amines is 2. The Morgan fingerprint density at radius 1 is 1.09 bits per heavy atom. The summed E-state index contributed by atoms with van der Waals surface area (Å²) >= 11 is 0. The lowest BCUT2D eigenvalue weighted by molar-refractivity contribution is -0.124. The topological polar surface area (TPSA) is 154 Å². The third kappa shape index (κ3) is 6.00. The van der Waals surface area contributed by atoms with E-state index >= 15 is 0 Å². The number of halogens is 1. The van der Waals surface area contributed by atoms with Crippen molar-refractivity contribution in [2.24, 2.45) is 17.1 Å². The van der Waals surface area contributed by atoms with Crippen molar-refractivity contribution in [3.8, 4) is 11.5 Å². The van der Waals surface area contributed by atoms with E-state index in [0.717, 1.165) is 73.1 Å². The van der Waals surface area contributed by atoms with Gasteiger partial charge in [-0.15, -0.1) is 0 Å². The lowest BCUT2D eigenvalue weighted by Crippen LogP contribution is -2.41. The van der Waals surface area contributed by atoms with E-state index in [-0.39, 0.29) is 22.5 Å². The molecule has 0 aliphatic carbocycles. The van der Waals surface area contributed by atoms with Crippen molar-refractivity contribution in [3.63, 3.8) is 0 Å². The highest BCUT2D eigenvalue weighted by Gasteiger charge is 2.44. The number of amides is 2. The minimum Gasteiger partial charge on any atom is -0.450 e. The molecule has 4 N–H and O–H groups in total. The van der Waals surface area contributed by atoms with E-state index in [4.69, 9.17) is 10.5 Å². The number of nitrogens with one attached hydrogen (secondary N) is 2. The number of rotatable bonds is 9. The second-order valence-corrected chi connectivity index (χ2v) is 12.1. The molecular formula is C31H35FN8O4. The van der Waals surface area contributed by atoms with Crippen LogP contribution in [0, 0.1) is 17.2 Å². The van der Waals surface area contributed by atoms with Gasteiger partial charge in [0.15, 0.2) is 17.3 Å². The first-order valence-corrected chi connectivity index (χ1v) is 14.6. The van der Waals surface area contributed by atoms with Crippen molar-refractivity contribution in [2.45, 2.75) is 33.2 Å². The number of imidazole rings is 1. The Morgan fingerprint density at radius 2 is 1.89 bits per heavy atom. The Labute approximate surface area is 253 Å². The molecule has 0 radical (unpaired) electrons. The Bertz CT molecular complexity index is 1770. The van der Waals surface area contributed by atoms with Crippen LogP contribution in [0.1, 0.15) is 32.3 Å². The average molecular weight is 603 g/mol. The highest BCUT2D eigenvalue weighted by molar-refractivity contribution is 6.00. The molecule has 6 rings (SSSR count). The number of aromatic nitrogens is 4. The number of carbonyl (C=O) groups excluding carboxylic acids is 2. The Balaban J connectivity index is 1.19. The maximum Gasteiger partial charge on any atom is 0.323 e. The highest BCUT2D eigenvalue weighted by Crippen LogP contribution is 2.44. The van der Waals surface area contributed by atoms with Gasteiger partial charge in [0.1, 0.15) is 18.7 Å². The standard InChI is InChI=1S/C31H35FN8O4/c1-19(2)29(42)40(15-27(33)41)24-12-21(32)4-6-25(24)44-26-13-34-18-35-28(26)39-10-8-31(17-39)7-9-38(16-31)14-20-3-5-22-23(11-20)37-30(43)36-22/h3-6,11-13,18-19H,7-10,14-17H2,1-2H3,(H2,33,41)(H2,36,37,43). The van der Waals surface area contributed by atoms with Gasteiger partial charge in [-0.05, 0) is 49.2 Å². The van der Waals surface area contributed by atoms with Crippen molar-refractivity contribution >= 4 is 34.4 Å². The Morgan fingerprint density at radius 3 is 2.68 bits per heavy atom. The van der Waals surface area contributed by atoms with Gasteiger partial charge < -0.3 is 25.3 Å². The van der Waals surface area contributed by atoms with Gasteiger partial charge in [-0.3, -0.25) is 19.4 Å². The number of H-pyrrole nitrogens is 2. The summed E-state index contributed by atoms with van der Waals surface area (Å²) in [6.07, 6.45) is 5.03. The van der Waals surface area contributed by atoms with E-state index in [1.807, 2.05) is 18.2 Å². The molecule has 1 spiro atoms. The van der Waals surface area contributed by atoms with E-state index in [1.165, 1.54) is 18.5 Å². The van der Waals surface area contributed by atoms with Crippen LogP contribution in [0.15, 0.2) is 53.7 Å². The van der Waals surface area contributed by atoms with E-state index in [9.17, 15) is 18.8 Å². The van der Waals surface area contributed by atoms with Crippen molar-refractivity contribution in [2.75, 3.05) is 42.5 Å². The molecule has 2 aliphatic heterocycles. The fourth-order valence-corrected chi connectivity index (χ4v) is 6.32. The van der Waals surface area contributed by atoms with Crippen LogP contribution in [0.2, 0.25) is 0 Å². The predicted molar refractivity (Wildman–Crippen MR) is 163 cm³/mol. The van der Waals surface area contributed by atoms with Crippen LogP contribution < -0.4 is 26.0 Å². The summed E-state index contributed by atoms with van der Waals surface area (Å²) in [6.45, 7) is 7.18. The molecule has 13 heteroatoms. The molecule has 4 aromatic rings. The first kappa shape index (κ1) is 29.3. The maximum atomic E-state index is 14.4. The van der Waals surface area contributed by atoms with Gasteiger partial charge in [-0.25, -0.2) is 19.2 Å². The molecule has 2 aliphatic rings. The monoisotopic (exact) mass is 602 g/mol. The fraction of sp³-hybridized carbons (Fsp3) is 0.387. The van der Waals surface area contributed by atoms with Gasteiger partial charge in [0.2, 0.25) is 11.8 Å². The number of likely N-dealkylation sites (tertiary alicyclic amines) is 1. The van der Waals surface area contributed by atoms with E-state index < -0.39 is 30.1 Å². The van der Waals surface area contributed by atoms with Gasteiger partial charge in [0, 0.05) is 43.6 Å². The van der Waals surface area contributed by atoms with Crippen molar-refractivity contribution in [3.05, 3.63) is 70.8 Å². The number of fused-ring (bicyclic) bond motifs is 1. The normalized spacial score (nSPS) is 18.5. The maximum absolute atomic E-state index is 14.4. The Hall–Kier alpha value is -4.78. The molecular weight excluding hydrogens is 567 g/mol. The molecule has 1 atom stereocenters. The molecule has 0 bridgehead atoms. The van der Waals surface area contributed by atoms with Crippen LogP contribution in [0.3, 0.4) is 0 Å². The van der Waals surface area contributed by atoms with E-state index in [0.29, 0.717) is 11.6 Å². The van der Waals surface area contributed by atoms with Crippen LogP contribution in [-0.4, -0.2) is 69.4 Å². The van der Waals surface area contributed by atoms with Gasteiger partial charge in [0.25, 0.3) is 0 Å². The number of ether oxygens (including phenoxy) is 1. The summed E-state index contributed by atoms with van der Waals surface area (Å²) in [5, 5.41) is 0. The summed E-state index contributed by atoms with van der Waals surface area (Å²) in [6, 6.07) is 9.81. The first-order chi connectivity index (χ1) is 21.1. The van der Waals surface area contributed by atoms with Crippen LogP contribution in [0.5, 0.6) is 11.5 Å². The minimum absolute atomic E-state index is 0.0811. The molecule has 230 valence electrons. The lowest BCUT2D eigenvalue weighted by Gasteiger charge is -2.27. The number of carbonyl (C=O) groups is 2. The molecule has 2 aromatic heterocycles. The molecule has 2 aromatic carbocycles. The van der Waals surface area contributed by atoms with Crippen molar-refractivity contribution in [1.29, 1.82) is 0 Å². The molecule has 4 heterocycles. The van der Waals surface area contributed by atoms with Gasteiger partial charge in [-0.2, -0.15) is 0 Å². The molecule has 44 heavy (non-hydrogen) atoms. The third-order valence-electron chi connectivity index (χ3n) is 8.41. The quantitative estimate of drug-likeness (QED) is 0.264. The molecule has 12 nitrogen and oxygen atoms in total. The van der Waals surface area contributed by atoms with Crippen LogP contribution in [0.4, 0.5) is 15.9 Å². The summed E-state index contributed by atoms with van der Waals surface area (Å²) in [5.74, 6) is -1.03. The summed E-state index contributed by atoms with van der Waals surface area (Å²) in [5.41, 5.74) is 8.15. The number of nitrogens with zero attached hydrogens (tertiary/aromatic N) is 5. The van der Waals surface area contributed by atoms with Gasteiger partial charge in [0.05, 0.1) is 22.9 Å². The molecule has 2 fully saturated rings. The largest absolute Gasteiger partial charge is 0.450 e. The van der Waals surface area contributed by atoms with Crippen molar-refractivity contribution in [1.82, 2.24) is 24.8 Å². The molecule has 1 unspecified atom stereocenters. The third-order valence-corrected chi connectivity index (χ3v) is 8.41. The fourth-order valence-electron chi connectivity index (χ4n) is 6.32. The van der Waals surface area contributed by atoms with Gasteiger partial charge in [-0.1, -0.05) is 19.9 Å². The first-order valence-electron chi connectivity index (χ1n) is 14.6. The molecule has 0 saturated carbocycles. The summed E-state index contributed by atoms with van der Waals surface area (Å²) in [4.78, 5) is 56.6. The number of hydrogen-bond acceptors (Lipinski definition) is 8. The smallest absolute Gasteiger partial charge is 0.323 e. The van der Waals surface area contributed by atoms with E-state index in [1.54, 1.807) is 20.0 Å². The minimum atomic E-state index is -0.731. The second-order valence-electron chi connectivity index (χ2n) is 12.1. The van der Waals surface area contributed by atoms with Crippen LogP contribution in [0.25, 0.3) is 11.0 Å². The zero-order valence-electron chi connectivity index (χ0n) is 24.7. The predicted octanol–water partition coefficient (Wildman–Crippen LogP) is 3.15. The van der Waals surface area contributed by atoms with Crippen LogP contribution in [-0.2, 0) is 16.1 Å². The number of hydrogen-bond donors (Lipinski definition) is 3. The van der Waals surface area contributed by atoms with Crippen molar-refractivity contribution < 1.29 is 18.7 Å².